The summed E-state index contributed by atoms with van der Waals surface area (Å²) >= 11 is 0. The zero-order valence-electron chi connectivity index (χ0n) is 4.39. The van der Waals surface area contributed by atoms with Crippen molar-refractivity contribution in [2.24, 2.45) is 0 Å². The van der Waals surface area contributed by atoms with Crippen molar-refractivity contribution in [2.45, 2.75) is 0 Å². The molecule has 0 saturated carbocycles. The maximum absolute atomic E-state index is 5.11. The van der Waals surface area contributed by atoms with Crippen molar-refractivity contribution in [3.63, 3.8) is 0 Å². The summed E-state index contributed by atoms with van der Waals surface area (Å²) in [5, 5.41) is 0. The van der Waals surface area contributed by atoms with Gasteiger partial charge >= 0.3 is 0 Å². The Bertz CT molecular complexity index is 93.7. The molecule has 0 aromatic heterocycles. The Hall–Kier alpha value is 0.140. The highest BCUT2D eigenvalue weighted by molar-refractivity contribution is 8.07. The lowest BCUT2D eigenvalue weighted by atomic mass is 10.7. The Labute approximate surface area is 46.3 Å². The molecule has 0 aromatic rings. The molecule has 0 amide bonds. The van der Waals surface area contributed by atoms with E-state index in [1.54, 1.807) is 0 Å². The summed E-state index contributed by atoms with van der Waals surface area (Å²) < 4.78 is 7.20. The van der Waals surface area contributed by atoms with Gasteiger partial charge in [-0.3, -0.25) is 0 Å². The number of likely N-dealkylation sites (N-methyl/N-ethyl adjacent to an activating group) is 1. The summed E-state index contributed by atoms with van der Waals surface area (Å²) in [5.74, 6) is 3.75. The van der Waals surface area contributed by atoms with Crippen LogP contribution in [0.5, 0.6) is 0 Å². The zero-order chi connectivity index (χ0) is 5.28. The third kappa shape index (κ3) is 1.02. The first kappa shape index (κ1) is 5.28. The lowest BCUT2D eigenvalue weighted by Gasteiger charge is -2.03. The molecule has 2 nitrogen and oxygen atoms in total. The van der Waals surface area contributed by atoms with Crippen molar-refractivity contribution in [2.75, 3.05) is 20.2 Å². The fraction of sp³-hybridized carbons (Fsp3) is 0.750. The fourth-order valence-corrected chi connectivity index (χ4v) is 1.18. The van der Waals surface area contributed by atoms with Crippen LogP contribution in [0.4, 0.5) is 0 Å². The van der Waals surface area contributed by atoms with Gasteiger partial charge in [0.2, 0.25) is 0 Å². The highest BCUT2D eigenvalue weighted by Gasteiger charge is 2.08. The summed E-state index contributed by atoms with van der Waals surface area (Å²) in [7, 11) is 1.88. The number of hydrogen-bond donors (Lipinski definition) is 0. The molecule has 1 aliphatic heterocycles. The zero-order valence-corrected chi connectivity index (χ0v) is 5.20. The quantitative estimate of drug-likeness (QED) is 0.430. The fourth-order valence-electron chi connectivity index (χ4n) is 0.454. The molecule has 1 fully saturated rings. The first-order valence-corrected chi connectivity index (χ1v) is 3.47. The van der Waals surface area contributed by atoms with Gasteiger partial charge in [-0.05, 0) is 12.9 Å². The predicted octanol–water partition coefficient (Wildman–Crippen LogP) is 0.479. The maximum Gasteiger partial charge on any atom is 0.0759 e. The van der Waals surface area contributed by atoms with E-state index in [0.717, 1.165) is 13.2 Å². The molecule has 0 aliphatic carbocycles. The van der Waals surface area contributed by atoms with Crippen LogP contribution in [0.2, 0.25) is 0 Å². The van der Waals surface area contributed by atoms with Crippen LogP contribution in [0.25, 0.3) is 0 Å². The average molecular weight is 119 g/mol. The van der Waals surface area contributed by atoms with E-state index < -0.39 is 0 Å². The van der Waals surface area contributed by atoms with Gasteiger partial charge in [0.15, 0.2) is 0 Å². The second kappa shape index (κ2) is 1.94. The number of nitrogens with zero attached hydrogens (tertiary/aromatic N) is 1. The molecule has 0 N–H and O–H groups in total. The first-order chi connectivity index (χ1) is 3.30. The normalized spacial score (nSPS) is 34.1. The smallest absolute Gasteiger partial charge is 0.0759 e. The van der Waals surface area contributed by atoms with Crippen LogP contribution in [-0.2, 0) is 4.18 Å². The van der Waals surface area contributed by atoms with Gasteiger partial charge in [0.25, 0.3) is 0 Å². The minimum absolute atomic E-state index is 0.134. The lowest BCUT2D eigenvalue weighted by molar-refractivity contribution is 0.405. The Balaban J connectivity index is 2.48. The third-order valence-electron chi connectivity index (χ3n) is 0.973. The Morgan fingerprint density at radius 3 is 2.71 bits per heavy atom. The van der Waals surface area contributed by atoms with Crippen molar-refractivity contribution in [3.8, 4) is 0 Å². The summed E-state index contributed by atoms with van der Waals surface area (Å²) in [6.45, 7) is 1.88. The van der Waals surface area contributed by atoms with Crippen LogP contribution in [0.1, 0.15) is 0 Å². The SMILES string of the molecule is C=S1OCCN1C. The molecule has 7 heavy (non-hydrogen) atoms. The van der Waals surface area contributed by atoms with Gasteiger partial charge in [-0.25, -0.2) is 4.31 Å². The average Bonchev–Trinajstić information content (AvgIpc) is 1.91. The van der Waals surface area contributed by atoms with E-state index in [1.807, 2.05) is 7.05 Å². The monoisotopic (exact) mass is 119 g/mol. The van der Waals surface area contributed by atoms with Gasteiger partial charge in [0.05, 0.1) is 6.61 Å². The molecule has 3 heteroatoms. The van der Waals surface area contributed by atoms with Gasteiger partial charge in [-0.1, -0.05) is 0 Å². The molecule has 1 aliphatic rings. The summed E-state index contributed by atoms with van der Waals surface area (Å²) in [6, 6.07) is 0. The minimum Gasteiger partial charge on any atom is -0.307 e. The van der Waals surface area contributed by atoms with Crippen LogP contribution in [0.3, 0.4) is 0 Å². The van der Waals surface area contributed by atoms with Crippen molar-refractivity contribution >= 4 is 16.8 Å². The molecule has 1 saturated heterocycles. The highest BCUT2D eigenvalue weighted by Crippen LogP contribution is 2.21. The second-order valence-corrected chi connectivity index (χ2v) is 3.00. The van der Waals surface area contributed by atoms with E-state index in [2.05, 4.69) is 10.2 Å². The predicted molar refractivity (Wildman–Crippen MR) is 33.3 cm³/mol. The van der Waals surface area contributed by atoms with E-state index in [4.69, 9.17) is 4.18 Å². The topological polar surface area (TPSA) is 12.5 Å². The number of hydrogen-bond acceptors (Lipinski definition) is 2. The van der Waals surface area contributed by atoms with Gasteiger partial charge < -0.3 is 4.18 Å². The molecular formula is C4H9NOS. The summed E-state index contributed by atoms with van der Waals surface area (Å²) in [6.07, 6.45) is 0. The van der Waals surface area contributed by atoms with Gasteiger partial charge in [0, 0.05) is 17.5 Å². The second-order valence-electron chi connectivity index (χ2n) is 1.49. The molecule has 0 radical (unpaired) electrons. The molecular weight excluding hydrogens is 110 g/mol. The maximum atomic E-state index is 5.11. The molecule has 1 unspecified atom stereocenters. The third-order valence-corrected chi connectivity index (χ3v) is 2.29. The van der Waals surface area contributed by atoms with Crippen LogP contribution in [0, 0.1) is 0 Å². The van der Waals surface area contributed by atoms with Crippen molar-refractivity contribution < 1.29 is 4.18 Å². The first-order valence-electron chi connectivity index (χ1n) is 2.19. The van der Waals surface area contributed by atoms with E-state index in [1.165, 1.54) is 0 Å². The molecule has 0 spiro atoms. The van der Waals surface area contributed by atoms with Gasteiger partial charge in [-0.2, -0.15) is 0 Å². The molecule has 42 valence electrons. The standard InChI is InChI=1S/C4H9NOS/c1-5-3-4-6-7(5)2/h2-4H2,1H3. The summed E-state index contributed by atoms with van der Waals surface area (Å²) in [4.78, 5) is 0. The molecule has 1 heterocycles. The van der Waals surface area contributed by atoms with Gasteiger partial charge in [-0.15, -0.1) is 0 Å². The van der Waals surface area contributed by atoms with Crippen molar-refractivity contribution in [3.05, 3.63) is 0 Å². The Morgan fingerprint density at radius 2 is 2.57 bits per heavy atom. The highest BCUT2D eigenvalue weighted by atomic mass is 32.2. The van der Waals surface area contributed by atoms with Crippen LogP contribution < -0.4 is 0 Å². The molecule has 1 atom stereocenters. The van der Waals surface area contributed by atoms with E-state index in [0.29, 0.717) is 0 Å². The molecule has 0 bridgehead atoms. The number of rotatable bonds is 0. The van der Waals surface area contributed by atoms with Crippen LogP contribution >= 0.6 is 11.0 Å². The van der Waals surface area contributed by atoms with Gasteiger partial charge in [0.1, 0.15) is 0 Å². The molecule has 1 rings (SSSR count). The van der Waals surface area contributed by atoms with Crippen LogP contribution in [-0.4, -0.2) is 30.4 Å². The van der Waals surface area contributed by atoms with Crippen molar-refractivity contribution in [1.29, 1.82) is 0 Å². The Morgan fingerprint density at radius 1 is 1.86 bits per heavy atom. The summed E-state index contributed by atoms with van der Waals surface area (Å²) in [5.41, 5.74) is 0. The van der Waals surface area contributed by atoms with E-state index in [9.17, 15) is 0 Å². The minimum atomic E-state index is -0.134. The molecule has 0 aromatic carbocycles. The van der Waals surface area contributed by atoms with E-state index >= 15 is 0 Å². The largest absolute Gasteiger partial charge is 0.307 e. The Kier molecular flexibility index (Phi) is 1.46. The van der Waals surface area contributed by atoms with E-state index in [-0.39, 0.29) is 11.0 Å². The van der Waals surface area contributed by atoms with Crippen molar-refractivity contribution in [1.82, 2.24) is 4.31 Å². The van der Waals surface area contributed by atoms with Crippen LogP contribution in [0.15, 0.2) is 0 Å². The lowest BCUT2D eigenvalue weighted by Crippen LogP contribution is -2.04.